The predicted octanol–water partition coefficient (Wildman–Crippen LogP) is 4.39. The zero-order valence-electron chi connectivity index (χ0n) is 11.8. The highest BCUT2D eigenvalue weighted by atomic mass is 79.9. The topological polar surface area (TPSA) is 79.3 Å². The minimum Gasteiger partial charge on any atom is -0.506 e. The van der Waals surface area contributed by atoms with E-state index >= 15 is 0 Å². The number of benzene rings is 2. The molecule has 24 heavy (non-hydrogen) atoms. The van der Waals surface area contributed by atoms with Gasteiger partial charge in [-0.25, -0.2) is 0 Å². The van der Waals surface area contributed by atoms with E-state index in [-0.39, 0.29) is 35.0 Å². The summed E-state index contributed by atoms with van der Waals surface area (Å²) in [5, 5.41) is 19.0. The minimum absolute atomic E-state index is 0. The Morgan fingerprint density at radius 2 is 1.75 bits per heavy atom. The molecule has 0 bridgehead atoms. The lowest BCUT2D eigenvalue weighted by Gasteiger charge is -2.17. The van der Waals surface area contributed by atoms with Crippen LogP contribution in [0.25, 0.3) is 0 Å². The molecule has 2 aromatic rings. The molecule has 0 fully saturated rings. The van der Waals surface area contributed by atoms with E-state index in [1.807, 2.05) is 6.07 Å². The second-order valence-corrected chi connectivity index (χ2v) is 5.42. The van der Waals surface area contributed by atoms with Crippen LogP contribution in [0.5, 0.6) is 11.5 Å². The highest BCUT2D eigenvalue weighted by Crippen LogP contribution is 2.36. The standard InChI is InChI=1S/C15H10BrF3N2O2.ClH/c16-11-6-3-9(7-20)14(22)12(11)13(21)8-1-4-10(5-2-8)23-15(17,18)19;/h1-6,13,22H,21H2;1H/t13-;/m1./s1. The highest BCUT2D eigenvalue weighted by Gasteiger charge is 2.31. The number of phenols is 1. The Hall–Kier alpha value is -1.95. The first-order valence-corrected chi connectivity index (χ1v) is 7.05. The summed E-state index contributed by atoms with van der Waals surface area (Å²) in [6.07, 6.45) is -4.77. The molecule has 0 aliphatic carbocycles. The molecule has 4 nitrogen and oxygen atoms in total. The van der Waals surface area contributed by atoms with Crippen LogP contribution in [-0.4, -0.2) is 11.5 Å². The Morgan fingerprint density at radius 1 is 1.17 bits per heavy atom. The summed E-state index contributed by atoms with van der Waals surface area (Å²) in [6, 6.07) is 8.96. The molecule has 0 amide bonds. The second-order valence-electron chi connectivity index (χ2n) is 4.56. The second kappa shape index (κ2) is 7.75. The van der Waals surface area contributed by atoms with Gasteiger partial charge in [-0.1, -0.05) is 28.1 Å². The summed E-state index contributed by atoms with van der Waals surface area (Å²) in [5.74, 6) is -0.646. The first kappa shape index (κ1) is 20.1. The van der Waals surface area contributed by atoms with Gasteiger partial charge >= 0.3 is 6.36 Å². The van der Waals surface area contributed by atoms with Crippen molar-refractivity contribution in [1.82, 2.24) is 0 Å². The molecular weight excluding hydrogens is 413 g/mol. The minimum atomic E-state index is -4.77. The summed E-state index contributed by atoms with van der Waals surface area (Å²) in [7, 11) is 0. The molecule has 2 aromatic carbocycles. The van der Waals surface area contributed by atoms with Gasteiger partial charge in [-0.15, -0.1) is 25.6 Å². The van der Waals surface area contributed by atoms with Gasteiger partial charge in [0.1, 0.15) is 17.6 Å². The van der Waals surface area contributed by atoms with E-state index in [0.717, 1.165) is 12.1 Å². The van der Waals surface area contributed by atoms with Crippen molar-refractivity contribution in [1.29, 1.82) is 5.26 Å². The van der Waals surface area contributed by atoms with Crippen LogP contribution in [0.1, 0.15) is 22.7 Å². The van der Waals surface area contributed by atoms with E-state index in [9.17, 15) is 18.3 Å². The molecule has 3 N–H and O–H groups in total. The largest absolute Gasteiger partial charge is 0.573 e. The summed E-state index contributed by atoms with van der Waals surface area (Å²) < 4.78 is 40.7. The van der Waals surface area contributed by atoms with Crippen molar-refractivity contribution < 1.29 is 23.0 Å². The maximum Gasteiger partial charge on any atom is 0.573 e. The number of aromatic hydroxyl groups is 1. The van der Waals surface area contributed by atoms with Crippen molar-refractivity contribution in [3.05, 3.63) is 57.6 Å². The van der Waals surface area contributed by atoms with Gasteiger partial charge < -0.3 is 15.6 Å². The van der Waals surface area contributed by atoms with Crippen molar-refractivity contribution in [3.63, 3.8) is 0 Å². The molecule has 0 aliphatic heterocycles. The average Bonchev–Trinajstić information content (AvgIpc) is 2.46. The molecule has 9 heteroatoms. The summed E-state index contributed by atoms with van der Waals surface area (Å²) >= 11 is 3.24. The monoisotopic (exact) mass is 422 g/mol. The van der Waals surface area contributed by atoms with E-state index in [1.165, 1.54) is 18.2 Å². The third-order valence-corrected chi connectivity index (χ3v) is 3.76. The molecule has 1 atom stereocenters. The lowest BCUT2D eigenvalue weighted by atomic mass is 9.97. The van der Waals surface area contributed by atoms with E-state index in [4.69, 9.17) is 11.0 Å². The Bertz CT molecular complexity index is 761. The summed E-state index contributed by atoms with van der Waals surface area (Å²) in [5.41, 5.74) is 6.83. The first-order chi connectivity index (χ1) is 10.7. The van der Waals surface area contributed by atoms with Crippen molar-refractivity contribution in [2.24, 2.45) is 5.73 Å². The number of ether oxygens (including phenoxy) is 1. The fourth-order valence-electron chi connectivity index (χ4n) is 2.01. The van der Waals surface area contributed by atoms with Crippen LogP contribution < -0.4 is 10.5 Å². The predicted molar refractivity (Wildman–Crippen MR) is 86.9 cm³/mol. The van der Waals surface area contributed by atoms with Gasteiger partial charge in [-0.05, 0) is 29.8 Å². The van der Waals surface area contributed by atoms with Crippen molar-refractivity contribution >= 4 is 28.3 Å². The maximum atomic E-state index is 12.1. The molecule has 2 rings (SSSR count). The van der Waals surface area contributed by atoms with Crippen LogP contribution in [0.3, 0.4) is 0 Å². The number of hydrogen-bond donors (Lipinski definition) is 2. The number of hydrogen-bond acceptors (Lipinski definition) is 4. The van der Waals surface area contributed by atoms with Gasteiger partial charge in [0.25, 0.3) is 0 Å². The third kappa shape index (κ3) is 4.54. The number of alkyl halides is 3. The quantitative estimate of drug-likeness (QED) is 0.767. The Labute approximate surface area is 150 Å². The molecule has 0 spiro atoms. The smallest absolute Gasteiger partial charge is 0.506 e. The van der Waals surface area contributed by atoms with Crippen LogP contribution in [0.15, 0.2) is 40.9 Å². The number of nitrogens with zero attached hydrogens (tertiary/aromatic N) is 1. The summed E-state index contributed by atoms with van der Waals surface area (Å²) in [4.78, 5) is 0. The Morgan fingerprint density at radius 3 is 2.25 bits per heavy atom. The maximum absolute atomic E-state index is 12.1. The zero-order chi connectivity index (χ0) is 17.2. The molecule has 0 radical (unpaired) electrons. The molecule has 128 valence electrons. The number of nitriles is 1. The SMILES string of the molecule is Cl.N#Cc1ccc(Br)c([C@H](N)c2ccc(OC(F)(F)F)cc2)c1O. The molecule has 0 aliphatic rings. The lowest BCUT2D eigenvalue weighted by Crippen LogP contribution is -2.17. The average molecular weight is 424 g/mol. The summed E-state index contributed by atoms with van der Waals surface area (Å²) in [6.45, 7) is 0. The number of rotatable bonds is 3. The van der Waals surface area contributed by atoms with Gasteiger partial charge in [0, 0.05) is 10.0 Å². The van der Waals surface area contributed by atoms with Gasteiger partial charge in [0.2, 0.25) is 0 Å². The molecule has 0 aromatic heterocycles. The van der Waals surface area contributed by atoms with Gasteiger partial charge in [-0.3, -0.25) is 0 Å². The fraction of sp³-hybridized carbons (Fsp3) is 0.133. The molecule has 0 saturated carbocycles. The van der Waals surface area contributed by atoms with Gasteiger partial charge in [0.05, 0.1) is 11.6 Å². The van der Waals surface area contributed by atoms with E-state index in [1.54, 1.807) is 6.07 Å². The number of nitrogens with two attached hydrogens (primary N) is 1. The van der Waals surface area contributed by atoms with Crippen LogP contribution in [0.2, 0.25) is 0 Å². The van der Waals surface area contributed by atoms with Crippen molar-refractivity contribution in [2.75, 3.05) is 0 Å². The van der Waals surface area contributed by atoms with Gasteiger partial charge in [0.15, 0.2) is 0 Å². The van der Waals surface area contributed by atoms with Crippen LogP contribution in [0.4, 0.5) is 13.2 Å². The van der Waals surface area contributed by atoms with Crippen molar-refractivity contribution in [3.8, 4) is 17.6 Å². The van der Waals surface area contributed by atoms with E-state index < -0.39 is 12.4 Å². The number of phenolic OH excluding ortho intramolecular Hbond substituents is 1. The van der Waals surface area contributed by atoms with Crippen LogP contribution in [0, 0.1) is 11.3 Å². The molecular formula is C15H11BrClF3N2O2. The van der Waals surface area contributed by atoms with E-state index in [2.05, 4.69) is 20.7 Å². The molecule has 0 saturated heterocycles. The first-order valence-electron chi connectivity index (χ1n) is 6.25. The third-order valence-electron chi connectivity index (χ3n) is 3.07. The van der Waals surface area contributed by atoms with E-state index in [0.29, 0.717) is 10.0 Å². The Kier molecular flexibility index (Phi) is 6.49. The molecule has 0 heterocycles. The fourth-order valence-corrected chi connectivity index (χ4v) is 2.58. The highest BCUT2D eigenvalue weighted by molar-refractivity contribution is 9.10. The van der Waals surface area contributed by atoms with Crippen LogP contribution in [-0.2, 0) is 0 Å². The lowest BCUT2D eigenvalue weighted by molar-refractivity contribution is -0.274. The van der Waals surface area contributed by atoms with Crippen molar-refractivity contribution in [2.45, 2.75) is 12.4 Å². The normalized spacial score (nSPS) is 12.0. The number of halogens is 5. The molecule has 0 unspecified atom stereocenters. The zero-order valence-corrected chi connectivity index (χ0v) is 14.2. The van der Waals surface area contributed by atoms with Crippen LogP contribution >= 0.6 is 28.3 Å². The van der Waals surface area contributed by atoms with Gasteiger partial charge in [-0.2, -0.15) is 5.26 Å². The Balaban J connectivity index is 0.00000288.